The molecule has 4 rings (SSSR count). The lowest BCUT2D eigenvalue weighted by Crippen LogP contribution is -2.24. The number of nitrogens with one attached hydrogen (secondary N) is 1. The van der Waals surface area contributed by atoms with Crippen LogP contribution < -0.4 is 10.9 Å². The summed E-state index contributed by atoms with van der Waals surface area (Å²) in [5.74, 6) is -3.87. The topological polar surface area (TPSA) is 107 Å². The van der Waals surface area contributed by atoms with E-state index >= 15 is 0 Å². The lowest BCUT2D eigenvalue weighted by molar-refractivity contribution is -0.384. The van der Waals surface area contributed by atoms with Crippen LogP contribution in [-0.2, 0) is 4.79 Å². The highest BCUT2D eigenvalue weighted by atomic mass is 32.2. The lowest BCUT2D eigenvalue weighted by Gasteiger charge is -2.14. The van der Waals surface area contributed by atoms with Gasteiger partial charge in [-0.3, -0.25) is 24.3 Å². The number of carbonyl (C=O) groups is 1. The molecule has 172 valence electrons. The molecule has 1 N–H and O–H groups in total. The molecule has 0 spiro atoms. The fraction of sp³-hybridized carbons (Fsp3) is 0.0455. The molecule has 0 saturated heterocycles. The summed E-state index contributed by atoms with van der Waals surface area (Å²) in [6.45, 7) is 0. The minimum Gasteiger partial charge on any atom is -0.323 e. The summed E-state index contributed by atoms with van der Waals surface area (Å²) in [7, 11) is 0. The molecule has 4 aromatic rings. The number of nitro groups is 1. The van der Waals surface area contributed by atoms with Crippen LogP contribution in [-0.4, -0.2) is 26.1 Å². The molecule has 1 amide bonds. The van der Waals surface area contributed by atoms with Crippen LogP contribution in [0.25, 0.3) is 16.6 Å². The fourth-order valence-corrected chi connectivity index (χ4v) is 3.93. The van der Waals surface area contributed by atoms with E-state index in [1.54, 1.807) is 18.2 Å². The van der Waals surface area contributed by atoms with Crippen molar-refractivity contribution >= 4 is 39.9 Å². The van der Waals surface area contributed by atoms with Crippen molar-refractivity contribution in [3.63, 3.8) is 0 Å². The molecule has 0 bridgehead atoms. The highest BCUT2D eigenvalue weighted by molar-refractivity contribution is 7.99. The van der Waals surface area contributed by atoms with Gasteiger partial charge in [0.05, 0.1) is 33.0 Å². The van der Waals surface area contributed by atoms with Gasteiger partial charge in [-0.15, -0.1) is 0 Å². The van der Waals surface area contributed by atoms with Crippen molar-refractivity contribution in [2.45, 2.75) is 5.16 Å². The van der Waals surface area contributed by atoms with E-state index in [1.165, 1.54) is 6.07 Å². The third-order valence-electron chi connectivity index (χ3n) is 4.66. The molecule has 1 heterocycles. The number of hydrogen-bond acceptors (Lipinski definition) is 6. The maximum absolute atomic E-state index is 14.5. The number of para-hydroxylation sites is 1. The van der Waals surface area contributed by atoms with Gasteiger partial charge in [-0.25, -0.2) is 18.2 Å². The molecule has 0 aliphatic heterocycles. The summed E-state index contributed by atoms with van der Waals surface area (Å²) in [6.07, 6.45) is 0. The average Bonchev–Trinajstić information content (AvgIpc) is 2.80. The predicted molar refractivity (Wildman–Crippen MR) is 120 cm³/mol. The van der Waals surface area contributed by atoms with Crippen molar-refractivity contribution in [1.29, 1.82) is 0 Å². The number of non-ortho nitro benzene ring substituents is 1. The summed E-state index contributed by atoms with van der Waals surface area (Å²) in [5, 5.41) is 13.2. The maximum Gasteiger partial charge on any atom is 0.271 e. The normalized spacial score (nSPS) is 10.9. The van der Waals surface area contributed by atoms with Gasteiger partial charge in [-0.05, 0) is 30.3 Å². The fourth-order valence-electron chi connectivity index (χ4n) is 3.12. The first-order valence-electron chi connectivity index (χ1n) is 9.58. The number of amides is 1. The number of thioether (sulfide) groups is 1. The van der Waals surface area contributed by atoms with Gasteiger partial charge in [0.15, 0.2) is 5.16 Å². The second-order valence-electron chi connectivity index (χ2n) is 6.91. The molecule has 0 saturated carbocycles. The monoisotopic (exact) mass is 486 g/mol. The summed E-state index contributed by atoms with van der Waals surface area (Å²) in [4.78, 5) is 40.0. The van der Waals surface area contributed by atoms with E-state index in [0.29, 0.717) is 11.6 Å². The van der Waals surface area contributed by atoms with E-state index in [-0.39, 0.29) is 16.2 Å². The zero-order valence-electron chi connectivity index (χ0n) is 17.0. The van der Waals surface area contributed by atoms with E-state index in [4.69, 9.17) is 0 Å². The molecule has 0 radical (unpaired) electrons. The van der Waals surface area contributed by atoms with Crippen LogP contribution in [0.15, 0.2) is 70.6 Å². The van der Waals surface area contributed by atoms with E-state index < -0.39 is 51.0 Å². The Kier molecular flexibility index (Phi) is 6.32. The molecule has 3 aromatic carbocycles. The Labute approximate surface area is 193 Å². The molecular weight excluding hydrogens is 473 g/mol. The number of nitro benzene ring substituents is 1. The van der Waals surface area contributed by atoms with Crippen molar-refractivity contribution in [2.75, 3.05) is 11.1 Å². The standard InChI is InChI=1S/C22H13F3N4O4S/c23-12-5-8-19(16(25)9-12)28-21(31)14-3-1-2-4-17(14)27-22(28)34-11-20(30)26-18-10-13(29(32)33)6-7-15(18)24/h1-10H,11H2,(H,26,30). The number of halogens is 3. The number of hydrogen-bond donors (Lipinski definition) is 1. The van der Waals surface area contributed by atoms with Gasteiger partial charge in [0.1, 0.15) is 17.5 Å². The van der Waals surface area contributed by atoms with Crippen LogP contribution in [0, 0.1) is 27.6 Å². The van der Waals surface area contributed by atoms with Crippen LogP contribution in [0.2, 0.25) is 0 Å². The first-order chi connectivity index (χ1) is 16.2. The van der Waals surface area contributed by atoms with Gasteiger partial charge in [-0.2, -0.15) is 0 Å². The summed E-state index contributed by atoms with van der Waals surface area (Å²) in [5.41, 5.74) is -1.42. The molecule has 34 heavy (non-hydrogen) atoms. The number of anilines is 1. The van der Waals surface area contributed by atoms with Gasteiger partial charge in [0.25, 0.3) is 11.2 Å². The average molecular weight is 486 g/mol. The third kappa shape index (κ3) is 4.62. The molecule has 0 unspecified atom stereocenters. The largest absolute Gasteiger partial charge is 0.323 e. The van der Waals surface area contributed by atoms with Crippen molar-refractivity contribution < 1.29 is 22.9 Å². The van der Waals surface area contributed by atoms with Crippen molar-refractivity contribution in [2.24, 2.45) is 0 Å². The zero-order valence-corrected chi connectivity index (χ0v) is 17.8. The Hall–Kier alpha value is -4.19. The Morgan fingerprint density at radius 1 is 1.06 bits per heavy atom. The number of nitrogens with zero attached hydrogens (tertiary/aromatic N) is 3. The smallest absolute Gasteiger partial charge is 0.271 e. The van der Waals surface area contributed by atoms with Gasteiger partial charge < -0.3 is 5.32 Å². The SMILES string of the molecule is O=C(CSc1nc2ccccc2c(=O)n1-c1ccc(F)cc1F)Nc1cc([N+](=O)[O-])ccc1F. The van der Waals surface area contributed by atoms with E-state index in [2.05, 4.69) is 10.3 Å². The number of benzene rings is 3. The minimum absolute atomic E-state index is 0.0659. The highest BCUT2D eigenvalue weighted by Gasteiger charge is 2.19. The molecule has 0 aliphatic carbocycles. The second kappa shape index (κ2) is 9.35. The molecular formula is C22H13F3N4O4S. The van der Waals surface area contributed by atoms with E-state index in [1.807, 2.05) is 0 Å². The maximum atomic E-state index is 14.5. The number of carbonyl (C=O) groups excluding carboxylic acids is 1. The van der Waals surface area contributed by atoms with E-state index in [0.717, 1.165) is 46.7 Å². The van der Waals surface area contributed by atoms with Crippen LogP contribution in [0.1, 0.15) is 0 Å². The number of fused-ring (bicyclic) bond motifs is 1. The van der Waals surface area contributed by atoms with Crippen molar-refractivity contribution in [1.82, 2.24) is 9.55 Å². The van der Waals surface area contributed by atoms with Gasteiger partial charge >= 0.3 is 0 Å². The Morgan fingerprint density at radius 3 is 2.56 bits per heavy atom. The molecule has 0 aliphatic rings. The number of aromatic nitrogens is 2. The van der Waals surface area contributed by atoms with Crippen LogP contribution in [0.5, 0.6) is 0 Å². The Bertz CT molecular complexity index is 1510. The predicted octanol–water partition coefficient (Wildman–Crippen LogP) is 4.44. The molecule has 8 nitrogen and oxygen atoms in total. The van der Waals surface area contributed by atoms with Gasteiger partial charge in [0, 0.05) is 18.2 Å². The lowest BCUT2D eigenvalue weighted by atomic mass is 10.2. The third-order valence-corrected chi connectivity index (χ3v) is 5.60. The van der Waals surface area contributed by atoms with Crippen LogP contribution in [0.4, 0.5) is 24.5 Å². The molecule has 0 atom stereocenters. The highest BCUT2D eigenvalue weighted by Crippen LogP contribution is 2.25. The van der Waals surface area contributed by atoms with Crippen molar-refractivity contribution in [3.05, 3.63) is 98.6 Å². The molecule has 0 fully saturated rings. The van der Waals surface area contributed by atoms with Gasteiger partial charge in [-0.1, -0.05) is 23.9 Å². The van der Waals surface area contributed by atoms with Crippen LogP contribution in [0.3, 0.4) is 0 Å². The summed E-state index contributed by atoms with van der Waals surface area (Å²) in [6, 6.07) is 11.6. The van der Waals surface area contributed by atoms with Crippen molar-refractivity contribution in [3.8, 4) is 5.69 Å². The second-order valence-corrected chi connectivity index (χ2v) is 7.85. The Morgan fingerprint density at radius 2 is 1.82 bits per heavy atom. The van der Waals surface area contributed by atoms with Crippen LogP contribution >= 0.6 is 11.8 Å². The minimum atomic E-state index is -1.01. The molecule has 1 aromatic heterocycles. The summed E-state index contributed by atoms with van der Waals surface area (Å²) < 4.78 is 42.8. The quantitative estimate of drug-likeness (QED) is 0.187. The first-order valence-corrected chi connectivity index (χ1v) is 10.6. The number of rotatable bonds is 6. The first kappa shape index (κ1) is 23.0. The Balaban J connectivity index is 1.68. The van der Waals surface area contributed by atoms with Gasteiger partial charge in [0.2, 0.25) is 5.91 Å². The summed E-state index contributed by atoms with van der Waals surface area (Å²) >= 11 is 0.751. The van der Waals surface area contributed by atoms with E-state index in [9.17, 15) is 32.9 Å². The molecule has 12 heteroatoms. The zero-order chi connectivity index (χ0) is 24.4.